The number of halogens is 2. The zero-order valence-electron chi connectivity index (χ0n) is 15.7. The molecule has 2 aromatic rings. The van der Waals surface area contributed by atoms with Gasteiger partial charge in [0.2, 0.25) is 0 Å². The summed E-state index contributed by atoms with van der Waals surface area (Å²) in [4.78, 5) is 14.7. The number of aromatic nitrogens is 3. The van der Waals surface area contributed by atoms with Crippen molar-refractivity contribution >= 4 is 28.3 Å². The molecule has 0 bridgehead atoms. The molecule has 28 heavy (non-hydrogen) atoms. The van der Waals surface area contributed by atoms with E-state index in [9.17, 15) is 4.39 Å². The second kappa shape index (κ2) is 7.35. The van der Waals surface area contributed by atoms with Crippen LogP contribution in [0.1, 0.15) is 44.9 Å². The largest absolute Gasteiger partial charge is 0.355 e. The molecule has 2 aromatic heterocycles. The standard InChI is InChI=1S/C20H24ClFN4O2/c21-18-16(22)17-14(10-23-18)19(25-12-24-17)26-6-3-5-20(11-26)8-13(9-20)28-15-4-1-2-7-27-15/h10,12-13,15H,1-9,11H2. The van der Waals surface area contributed by atoms with Crippen molar-refractivity contribution in [3.8, 4) is 0 Å². The Morgan fingerprint density at radius 2 is 2.11 bits per heavy atom. The first kappa shape index (κ1) is 18.5. The molecule has 1 saturated carbocycles. The number of fused-ring (bicyclic) bond motifs is 1. The van der Waals surface area contributed by atoms with Crippen molar-refractivity contribution in [2.75, 3.05) is 24.6 Å². The first-order valence-electron chi connectivity index (χ1n) is 10.1. The molecule has 1 spiro atoms. The number of anilines is 1. The topological polar surface area (TPSA) is 60.4 Å². The molecule has 2 aliphatic heterocycles. The lowest BCUT2D eigenvalue weighted by Crippen LogP contribution is -2.54. The summed E-state index contributed by atoms with van der Waals surface area (Å²) >= 11 is 5.81. The summed E-state index contributed by atoms with van der Waals surface area (Å²) in [6.45, 7) is 2.61. The molecule has 1 atom stereocenters. The zero-order chi connectivity index (χ0) is 19.1. The first-order valence-corrected chi connectivity index (χ1v) is 10.5. The van der Waals surface area contributed by atoms with E-state index >= 15 is 0 Å². The van der Waals surface area contributed by atoms with Crippen molar-refractivity contribution < 1.29 is 13.9 Å². The summed E-state index contributed by atoms with van der Waals surface area (Å²) in [5, 5.41) is 0.459. The number of ether oxygens (including phenoxy) is 2. The van der Waals surface area contributed by atoms with Crippen molar-refractivity contribution in [3.05, 3.63) is 23.5 Å². The minimum absolute atomic E-state index is 0.0274. The third kappa shape index (κ3) is 3.33. The SMILES string of the molecule is Fc1c(Cl)ncc2c(N3CCCC4(CC(OC5CCCCO5)C4)C3)ncnc12. The number of nitrogens with zero attached hydrogens (tertiary/aromatic N) is 4. The molecule has 1 aliphatic carbocycles. The normalized spacial score (nSPS) is 30.6. The van der Waals surface area contributed by atoms with E-state index in [1.165, 1.54) is 19.2 Å². The Morgan fingerprint density at radius 1 is 1.21 bits per heavy atom. The Bertz CT molecular complexity index is 871. The van der Waals surface area contributed by atoms with E-state index in [1.807, 2.05) is 0 Å². The quantitative estimate of drug-likeness (QED) is 0.715. The van der Waals surface area contributed by atoms with Crippen molar-refractivity contribution in [1.29, 1.82) is 0 Å². The van der Waals surface area contributed by atoms with E-state index in [0.717, 1.165) is 57.6 Å². The zero-order valence-corrected chi connectivity index (χ0v) is 16.5. The van der Waals surface area contributed by atoms with E-state index in [0.29, 0.717) is 5.39 Å². The molecule has 6 nitrogen and oxygen atoms in total. The van der Waals surface area contributed by atoms with Crippen LogP contribution in [0.5, 0.6) is 0 Å². The Balaban J connectivity index is 1.30. The van der Waals surface area contributed by atoms with Crippen molar-refractivity contribution in [2.24, 2.45) is 5.41 Å². The predicted molar refractivity (Wildman–Crippen MR) is 104 cm³/mol. The van der Waals surface area contributed by atoms with E-state index < -0.39 is 5.82 Å². The highest BCUT2D eigenvalue weighted by atomic mass is 35.5. The minimum Gasteiger partial charge on any atom is -0.355 e. The smallest absolute Gasteiger partial charge is 0.186 e. The molecule has 150 valence electrons. The van der Waals surface area contributed by atoms with Gasteiger partial charge in [0.15, 0.2) is 17.3 Å². The Morgan fingerprint density at radius 3 is 2.93 bits per heavy atom. The molecule has 0 aromatic carbocycles. The van der Waals surface area contributed by atoms with Crippen LogP contribution >= 0.6 is 11.6 Å². The molecule has 1 unspecified atom stereocenters. The van der Waals surface area contributed by atoms with Crippen LogP contribution in [-0.4, -0.2) is 47.0 Å². The van der Waals surface area contributed by atoms with Gasteiger partial charge in [-0.15, -0.1) is 0 Å². The van der Waals surface area contributed by atoms with Gasteiger partial charge in [-0.05, 0) is 50.4 Å². The van der Waals surface area contributed by atoms with Gasteiger partial charge in [-0.1, -0.05) is 11.6 Å². The van der Waals surface area contributed by atoms with Crippen LogP contribution in [0.3, 0.4) is 0 Å². The molecular weight excluding hydrogens is 383 g/mol. The number of hydrogen-bond donors (Lipinski definition) is 0. The van der Waals surface area contributed by atoms with Gasteiger partial charge in [-0.3, -0.25) is 0 Å². The lowest BCUT2D eigenvalue weighted by Gasteiger charge is -2.53. The van der Waals surface area contributed by atoms with Crippen molar-refractivity contribution in [2.45, 2.75) is 57.3 Å². The Labute approximate surface area is 168 Å². The summed E-state index contributed by atoms with van der Waals surface area (Å²) in [6.07, 6.45) is 10.9. The molecular formula is C20H24ClFN4O2. The number of hydrogen-bond acceptors (Lipinski definition) is 6. The van der Waals surface area contributed by atoms with Crippen LogP contribution in [-0.2, 0) is 9.47 Å². The van der Waals surface area contributed by atoms with Crippen molar-refractivity contribution in [1.82, 2.24) is 15.0 Å². The van der Waals surface area contributed by atoms with E-state index in [-0.39, 0.29) is 28.5 Å². The molecule has 2 saturated heterocycles. The summed E-state index contributed by atoms with van der Waals surface area (Å²) in [7, 11) is 0. The fraction of sp³-hybridized carbons (Fsp3) is 0.650. The summed E-state index contributed by atoms with van der Waals surface area (Å²) in [5.74, 6) is 0.159. The molecule has 8 heteroatoms. The number of pyridine rings is 1. The second-order valence-electron chi connectivity index (χ2n) is 8.31. The van der Waals surface area contributed by atoms with Gasteiger partial charge in [0.25, 0.3) is 0 Å². The summed E-state index contributed by atoms with van der Waals surface area (Å²) < 4.78 is 26.2. The third-order valence-corrected chi connectivity index (χ3v) is 6.59. The average molecular weight is 407 g/mol. The maximum atomic E-state index is 14.3. The van der Waals surface area contributed by atoms with Crippen LogP contribution in [0.4, 0.5) is 10.2 Å². The maximum Gasteiger partial charge on any atom is 0.186 e. The number of rotatable bonds is 3. The minimum atomic E-state index is -0.584. The van der Waals surface area contributed by atoms with E-state index in [1.54, 1.807) is 6.20 Å². The fourth-order valence-electron chi connectivity index (χ4n) is 4.97. The lowest BCUT2D eigenvalue weighted by molar-refractivity contribution is -0.223. The summed E-state index contributed by atoms with van der Waals surface area (Å²) in [6, 6.07) is 0. The third-order valence-electron chi connectivity index (χ3n) is 6.32. The Kier molecular flexibility index (Phi) is 4.85. The predicted octanol–water partition coefficient (Wildman–Crippen LogP) is 4.11. The molecule has 3 fully saturated rings. The van der Waals surface area contributed by atoms with Crippen molar-refractivity contribution in [3.63, 3.8) is 0 Å². The second-order valence-corrected chi connectivity index (χ2v) is 8.67. The number of piperidine rings is 1. The van der Waals surface area contributed by atoms with E-state index in [2.05, 4.69) is 19.9 Å². The van der Waals surface area contributed by atoms with Gasteiger partial charge in [-0.25, -0.2) is 19.3 Å². The van der Waals surface area contributed by atoms with Gasteiger partial charge in [0.05, 0.1) is 11.5 Å². The molecule has 4 heterocycles. The van der Waals surface area contributed by atoms with Crippen LogP contribution in [0, 0.1) is 11.2 Å². The average Bonchev–Trinajstić information content (AvgIpc) is 2.70. The van der Waals surface area contributed by atoms with Gasteiger partial charge in [-0.2, -0.15) is 0 Å². The van der Waals surface area contributed by atoms with Crippen LogP contribution < -0.4 is 4.90 Å². The fourth-order valence-corrected chi connectivity index (χ4v) is 5.10. The van der Waals surface area contributed by atoms with Crippen LogP contribution in [0.25, 0.3) is 10.9 Å². The highest BCUT2D eigenvalue weighted by molar-refractivity contribution is 6.30. The molecule has 3 aliphatic rings. The molecule has 5 rings (SSSR count). The first-order chi connectivity index (χ1) is 13.6. The molecule has 0 N–H and O–H groups in total. The molecule has 0 amide bonds. The van der Waals surface area contributed by atoms with Gasteiger partial charge >= 0.3 is 0 Å². The van der Waals surface area contributed by atoms with Crippen LogP contribution in [0.2, 0.25) is 5.15 Å². The summed E-state index contributed by atoms with van der Waals surface area (Å²) in [5.41, 5.74) is 0.474. The monoisotopic (exact) mass is 406 g/mol. The van der Waals surface area contributed by atoms with Gasteiger partial charge in [0, 0.05) is 25.9 Å². The Hall–Kier alpha value is -1.57. The van der Waals surface area contributed by atoms with Gasteiger partial charge in [0.1, 0.15) is 17.7 Å². The van der Waals surface area contributed by atoms with Crippen LogP contribution in [0.15, 0.2) is 12.5 Å². The van der Waals surface area contributed by atoms with E-state index in [4.69, 9.17) is 21.1 Å². The lowest BCUT2D eigenvalue weighted by atomic mass is 9.62. The highest BCUT2D eigenvalue weighted by Gasteiger charge is 2.48. The maximum absolute atomic E-state index is 14.3. The molecule has 0 radical (unpaired) electrons. The highest BCUT2D eigenvalue weighted by Crippen LogP contribution is 2.50. The van der Waals surface area contributed by atoms with Gasteiger partial charge < -0.3 is 14.4 Å².